The van der Waals surface area contributed by atoms with Gasteiger partial charge in [-0.05, 0) is 37.0 Å². The number of hydrogen-bond acceptors (Lipinski definition) is 1. The molecule has 1 N–H and O–H groups in total. The van der Waals surface area contributed by atoms with Gasteiger partial charge in [0.1, 0.15) is 0 Å². The predicted molar refractivity (Wildman–Crippen MR) is 82.4 cm³/mol. The summed E-state index contributed by atoms with van der Waals surface area (Å²) in [5.41, 5.74) is 3.16. The minimum Gasteiger partial charge on any atom is -0.305 e. The zero-order valence-electron chi connectivity index (χ0n) is 11.9. The van der Waals surface area contributed by atoms with Gasteiger partial charge in [0.15, 0.2) is 0 Å². The molecule has 0 saturated carbocycles. The lowest BCUT2D eigenvalue weighted by molar-refractivity contribution is 0.922. The van der Waals surface area contributed by atoms with E-state index in [2.05, 4.69) is 43.8 Å². The second kappa shape index (κ2) is 10.5. The highest BCUT2D eigenvalue weighted by Gasteiger charge is 1.85. The topological polar surface area (TPSA) is 23.9 Å². The van der Waals surface area contributed by atoms with Gasteiger partial charge in [-0.2, -0.15) is 0 Å². The van der Waals surface area contributed by atoms with Crippen molar-refractivity contribution in [1.29, 1.82) is 5.41 Å². The molecule has 1 nitrogen and oxygen atoms in total. The van der Waals surface area contributed by atoms with Crippen LogP contribution in [0.1, 0.15) is 39.2 Å². The Morgan fingerprint density at radius 2 is 1.83 bits per heavy atom. The van der Waals surface area contributed by atoms with E-state index >= 15 is 0 Å². The van der Waals surface area contributed by atoms with E-state index in [1.54, 1.807) is 6.08 Å². The molecule has 0 aliphatic rings. The van der Waals surface area contributed by atoms with E-state index in [0.29, 0.717) is 5.71 Å². The van der Waals surface area contributed by atoms with Crippen LogP contribution in [0.15, 0.2) is 54.6 Å². The van der Waals surface area contributed by atoms with Crippen molar-refractivity contribution in [2.75, 3.05) is 0 Å². The van der Waals surface area contributed by atoms with Crippen LogP contribution >= 0.6 is 0 Å². The molecule has 0 atom stereocenters. The summed E-state index contributed by atoms with van der Waals surface area (Å²) in [5, 5.41) is 7.25. The van der Waals surface area contributed by atoms with E-state index in [4.69, 9.17) is 5.41 Å². The standard InChI is InChI=1S/C9H12.C8H13N/c1-2-6-9-7-4-3-5-8-9;1-4-7(3)6-8(9)5-2/h3-5,7-8H,2,6H2,1H3;4,6,9H,1,5H2,2-3H3/b;7-6-,9-8?. The van der Waals surface area contributed by atoms with E-state index < -0.39 is 0 Å². The maximum absolute atomic E-state index is 7.25. The molecule has 0 heterocycles. The highest BCUT2D eigenvalue weighted by Crippen LogP contribution is 2.00. The average molecular weight is 243 g/mol. The van der Waals surface area contributed by atoms with Crippen LogP contribution < -0.4 is 0 Å². The van der Waals surface area contributed by atoms with Crippen LogP contribution in [0.3, 0.4) is 0 Å². The lowest BCUT2D eigenvalue weighted by Gasteiger charge is -1.93. The summed E-state index contributed by atoms with van der Waals surface area (Å²) in [4.78, 5) is 0. The molecular weight excluding hydrogens is 218 g/mol. The quantitative estimate of drug-likeness (QED) is 0.543. The number of hydrogen-bond donors (Lipinski definition) is 1. The summed E-state index contributed by atoms with van der Waals surface area (Å²) in [5.74, 6) is 0. The molecular formula is C17H25N. The zero-order chi connectivity index (χ0) is 13.8. The first-order valence-corrected chi connectivity index (χ1v) is 6.56. The number of aryl methyl sites for hydroxylation is 1. The van der Waals surface area contributed by atoms with Crippen LogP contribution in [0.4, 0.5) is 0 Å². The third kappa shape index (κ3) is 8.51. The summed E-state index contributed by atoms with van der Waals surface area (Å²) < 4.78 is 0. The van der Waals surface area contributed by atoms with Crippen molar-refractivity contribution < 1.29 is 0 Å². The Morgan fingerprint density at radius 1 is 1.22 bits per heavy atom. The molecule has 0 fully saturated rings. The van der Waals surface area contributed by atoms with Gasteiger partial charge in [0.25, 0.3) is 0 Å². The molecule has 98 valence electrons. The largest absolute Gasteiger partial charge is 0.305 e. The third-order valence-electron chi connectivity index (χ3n) is 2.49. The van der Waals surface area contributed by atoms with E-state index in [9.17, 15) is 0 Å². The van der Waals surface area contributed by atoms with E-state index in [1.807, 2.05) is 19.9 Å². The van der Waals surface area contributed by atoms with Gasteiger partial charge in [-0.1, -0.05) is 63.3 Å². The number of benzene rings is 1. The van der Waals surface area contributed by atoms with Crippen molar-refractivity contribution in [3.05, 3.63) is 60.2 Å². The van der Waals surface area contributed by atoms with Crippen molar-refractivity contribution in [2.45, 2.75) is 40.0 Å². The molecule has 0 aromatic heterocycles. The fourth-order valence-electron chi connectivity index (χ4n) is 1.37. The summed E-state index contributed by atoms with van der Waals surface area (Å²) in [6.45, 7) is 9.69. The third-order valence-corrected chi connectivity index (χ3v) is 2.49. The van der Waals surface area contributed by atoms with Gasteiger partial charge in [-0.15, -0.1) is 0 Å². The maximum Gasteiger partial charge on any atom is 0.0313 e. The summed E-state index contributed by atoms with van der Waals surface area (Å²) in [6.07, 6.45) is 6.83. The Labute approximate surface area is 112 Å². The SMILES string of the molecule is C=C/C(C)=C\C(=N)CC.CCCc1ccccc1. The Hall–Kier alpha value is -1.63. The average Bonchev–Trinajstić information content (AvgIpc) is 2.40. The monoisotopic (exact) mass is 243 g/mol. The van der Waals surface area contributed by atoms with Crippen LogP contribution in [0.2, 0.25) is 0 Å². The first-order chi connectivity index (χ1) is 8.63. The van der Waals surface area contributed by atoms with E-state index in [0.717, 1.165) is 12.0 Å². The van der Waals surface area contributed by atoms with Gasteiger partial charge in [0.05, 0.1) is 0 Å². The van der Waals surface area contributed by atoms with Crippen molar-refractivity contribution in [2.24, 2.45) is 0 Å². The number of rotatable bonds is 5. The molecule has 0 unspecified atom stereocenters. The first kappa shape index (κ1) is 16.4. The lowest BCUT2D eigenvalue weighted by Crippen LogP contribution is -1.86. The van der Waals surface area contributed by atoms with Crippen LogP contribution in [0, 0.1) is 5.41 Å². The second-order valence-corrected chi connectivity index (χ2v) is 4.21. The second-order valence-electron chi connectivity index (χ2n) is 4.21. The van der Waals surface area contributed by atoms with Crippen LogP contribution in [-0.2, 0) is 6.42 Å². The molecule has 0 amide bonds. The number of allylic oxidation sites excluding steroid dienone is 3. The minimum atomic E-state index is 0.660. The molecule has 18 heavy (non-hydrogen) atoms. The Balaban J connectivity index is 0.000000321. The van der Waals surface area contributed by atoms with Crippen molar-refractivity contribution >= 4 is 5.71 Å². The molecule has 0 radical (unpaired) electrons. The van der Waals surface area contributed by atoms with Gasteiger partial charge < -0.3 is 5.41 Å². The molecule has 1 aromatic rings. The van der Waals surface area contributed by atoms with E-state index in [-0.39, 0.29) is 0 Å². The summed E-state index contributed by atoms with van der Waals surface area (Å²) >= 11 is 0. The summed E-state index contributed by atoms with van der Waals surface area (Å²) in [6, 6.07) is 10.6. The normalized spacial score (nSPS) is 10.3. The molecule has 1 heteroatoms. The molecule has 0 bridgehead atoms. The molecule has 0 aliphatic heterocycles. The molecule has 1 rings (SSSR count). The molecule has 0 aliphatic carbocycles. The minimum absolute atomic E-state index is 0.660. The molecule has 0 spiro atoms. The van der Waals surface area contributed by atoms with Gasteiger partial charge in [0, 0.05) is 5.71 Å². The van der Waals surface area contributed by atoms with Gasteiger partial charge in [0.2, 0.25) is 0 Å². The smallest absolute Gasteiger partial charge is 0.0313 e. The fraction of sp³-hybridized carbons (Fsp3) is 0.353. The Kier molecular flexibility index (Phi) is 9.57. The van der Waals surface area contributed by atoms with Crippen molar-refractivity contribution in [3.63, 3.8) is 0 Å². The van der Waals surface area contributed by atoms with Crippen LogP contribution in [0.25, 0.3) is 0 Å². The number of nitrogens with one attached hydrogen (secondary N) is 1. The van der Waals surface area contributed by atoms with Crippen LogP contribution in [-0.4, -0.2) is 5.71 Å². The first-order valence-electron chi connectivity index (χ1n) is 6.56. The Morgan fingerprint density at radius 3 is 2.28 bits per heavy atom. The van der Waals surface area contributed by atoms with E-state index in [1.165, 1.54) is 18.4 Å². The lowest BCUT2D eigenvalue weighted by atomic mass is 10.1. The molecule has 1 aromatic carbocycles. The van der Waals surface area contributed by atoms with Crippen molar-refractivity contribution in [1.82, 2.24) is 0 Å². The molecule has 0 saturated heterocycles. The maximum atomic E-state index is 7.25. The summed E-state index contributed by atoms with van der Waals surface area (Å²) in [7, 11) is 0. The van der Waals surface area contributed by atoms with Crippen LogP contribution in [0.5, 0.6) is 0 Å². The Bertz CT molecular complexity index is 374. The predicted octanol–water partition coefficient (Wildman–Crippen LogP) is 5.19. The van der Waals surface area contributed by atoms with Gasteiger partial charge >= 0.3 is 0 Å². The van der Waals surface area contributed by atoms with Gasteiger partial charge in [-0.25, -0.2) is 0 Å². The highest BCUT2D eigenvalue weighted by molar-refractivity contribution is 5.92. The fourth-order valence-corrected chi connectivity index (χ4v) is 1.37. The highest BCUT2D eigenvalue weighted by atomic mass is 14.4. The van der Waals surface area contributed by atoms with Gasteiger partial charge in [-0.3, -0.25) is 0 Å². The zero-order valence-corrected chi connectivity index (χ0v) is 11.9. The van der Waals surface area contributed by atoms with Crippen molar-refractivity contribution in [3.8, 4) is 0 Å².